The lowest BCUT2D eigenvalue weighted by Crippen LogP contribution is -2.47. The number of nitrogen functional groups attached to an aromatic ring is 1. The second kappa shape index (κ2) is 6.31. The average Bonchev–Trinajstić information content (AvgIpc) is 2.62. The topological polar surface area (TPSA) is 62.5 Å². The van der Waals surface area contributed by atoms with Gasteiger partial charge in [0.25, 0.3) is 0 Å². The van der Waals surface area contributed by atoms with Crippen molar-refractivity contribution in [2.24, 2.45) is 5.41 Å². The maximum atomic E-state index is 12.4. The van der Waals surface area contributed by atoms with Gasteiger partial charge in [-0.2, -0.15) is 0 Å². The number of hydrogen-bond donors (Lipinski definition) is 1. The van der Waals surface area contributed by atoms with Crippen molar-refractivity contribution in [3.63, 3.8) is 0 Å². The first-order valence-electron chi connectivity index (χ1n) is 9.30. The number of fused-ring (bicyclic) bond motifs is 1. The van der Waals surface area contributed by atoms with Crippen LogP contribution in [0.4, 0.5) is 17.2 Å². The maximum Gasteiger partial charge on any atom is 0.165 e. The molecule has 0 spiro atoms. The molecule has 2 heterocycles. The molecule has 0 saturated carbocycles. The van der Waals surface area contributed by atoms with E-state index in [1.807, 2.05) is 12.1 Å². The first kappa shape index (κ1) is 16.9. The first-order valence-corrected chi connectivity index (χ1v) is 9.30. The van der Waals surface area contributed by atoms with Crippen LogP contribution in [-0.2, 0) is 6.42 Å². The van der Waals surface area contributed by atoms with Gasteiger partial charge in [-0.1, -0.05) is 32.0 Å². The van der Waals surface area contributed by atoms with E-state index in [4.69, 9.17) is 10.7 Å². The predicted octanol–water partition coefficient (Wildman–Crippen LogP) is 3.15. The highest BCUT2D eigenvalue weighted by Crippen LogP contribution is 2.36. The zero-order valence-corrected chi connectivity index (χ0v) is 15.5. The van der Waals surface area contributed by atoms with Crippen molar-refractivity contribution < 1.29 is 4.79 Å². The molecular weight excluding hydrogens is 324 g/mol. The number of nitrogens with zero attached hydrogens (tertiary/aromatic N) is 3. The molecule has 1 aliphatic carbocycles. The van der Waals surface area contributed by atoms with E-state index in [2.05, 4.69) is 47.9 Å². The Balaban J connectivity index is 1.55. The summed E-state index contributed by atoms with van der Waals surface area (Å²) >= 11 is 0. The number of piperazine rings is 1. The van der Waals surface area contributed by atoms with Crippen molar-refractivity contribution in [3.8, 4) is 0 Å². The molecule has 5 nitrogen and oxygen atoms in total. The van der Waals surface area contributed by atoms with E-state index in [0.29, 0.717) is 17.7 Å². The Kier molecular flexibility index (Phi) is 4.10. The van der Waals surface area contributed by atoms with Gasteiger partial charge in [0, 0.05) is 43.9 Å². The highest BCUT2D eigenvalue weighted by molar-refractivity contribution is 6.00. The molecule has 0 unspecified atom stereocenters. The minimum atomic E-state index is -0.0313. The number of nitrogens with two attached hydrogens (primary N) is 1. The number of Topliss-reactive ketones (excluding diaryl/α,β-unsaturated/α-hetero) is 1. The summed E-state index contributed by atoms with van der Waals surface area (Å²) in [5.41, 5.74) is 9.74. The number of carbonyl (C=O) groups excluding carboxylic acids is 1. The van der Waals surface area contributed by atoms with Crippen LogP contribution in [-0.4, -0.2) is 36.9 Å². The van der Waals surface area contributed by atoms with Crippen LogP contribution in [0.15, 0.2) is 36.4 Å². The van der Waals surface area contributed by atoms with Gasteiger partial charge < -0.3 is 15.5 Å². The number of ketones is 1. The molecule has 1 aromatic carbocycles. The number of para-hydroxylation sites is 1. The van der Waals surface area contributed by atoms with Crippen molar-refractivity contribution >= 4 is 23.0 Å². The normalized spacial score (nSPS) is 19.4. The lowest BCUT2D eigenvalue weighted by Gasteiger charge is -2.38. The third-order valence-corrected chi connectivity index (χ3v) is 5.40. The molecule has 1 aromatic heterocycles. The number of rotatable bonds is 2. The van der Waals surface area contributed by atoms with Gasteiger partial charge in [-0.3, -0.25) is 4.79 Å². The smallest absolute Gasteiger partial charge is 0.165 e. The van der Waals surface area contributed by atoms with Crippen LogP contribution < -0.4 is 15.5 Å². The highest BCUT2D eigenvalue weighted by Gasteiger charge is 2.33. The Morgan fingerprint density at radius 2 is 1.65 bits per heavy atom. The third-order valence-electron chi connectivity index (χ3n) is 5.40. The third kappa shape index (κ3) is 3.14. The molecule has 136 valence electrons. The minimum absolute atomic E-state index is 0.0313. The van der Waals surface area contributed by atoms with Gasteiger partial charge >= 0.3 is 0 Å². The van der Waals surface area contributed by atoms with Gasteiger partial charge in [-0.05, 0) is 30.0 Å². The van der Waals surface area contributed by atoms with Gasteiger partial charge in [0.1, 0.15) is 0 Å². The molecule has 2 aliphatic rings. The van der Waals surface area contributed by atoms with E-state index in [1.165, 1.54) is 5.69 Å². The van der Waals surface area contributed by atoms with Gasteiger partial charge in [-0.15, -0.1) is 0 Å². The number of pyridine rings is 1. The van der Waals surface area contributed by atoms with Crippen LogP contribution in [0.25, 0.3) is 0 Å². The van der Waals surface area contributed by atoms with Crippen molar-refractivity contribution in [1.29, 1.82) is 0 Å². The quantitative estimate of drug-likeness (QED) is 0.901. The SMILES string of the molecule is CC1(C)CC(=O)c2cc(N)c(N3CCN(c4ccccc4)CC3)nc2C1. The molecule has 0 radical (unpaired) electrons. The fourth-order valence-corrected chi connectivity index (χ4v) is 4.05. The molecule has 5 heteroatoms. The Morgan fingerprint density at radius 1 is 1.00 bits per heavy atom. The summed E-state index contributed by atoms with van der Waals surface area (Å²) in [5.74, 6) is 0.998. The van der Waals surface area contributed by atoms with E-state index in [0.717, 1.165) is 44.1 Å². The van der Waals surface area contributed by atoms with Crippen molar-refractivity contribution in [1.82, 2.24) is 4.98 Å². The molecule has 1 aliphatic heterocycles. The molecule has 1 fully saturated rings. The van der Waals surface area contributed by atoms with Gasteiger partial charge in [0.15, 0.2) is 11.6 Å². The molecule has 4 rings (SSSR count). The van der Waals surface area contributed by atoms with Crippen molar-refractivity contribution in [2.45, 2.75) is 26.7 Å². The summed E-state index contributed by atoms with van der Waals surface area (Å²) in [5, 5.41) is 0. The Bertz CT molecular complexity index is 823. The van der Waals surface area contributed by atoms with Gasteiger partial charge in [0.05, 0.1) is 11.4 Å². The lowest BCUT2D eigenvalue weighted by atomic mass is 9.75. The van der Waals surface area contributed by atoms with Crippen LogP contribution in [0.3, 0.4) is 0 Å². The molecular formula is C21H26N4O. The van der Waals surface area contributed by atoms with E-state index in [-0.39, 0.29) is 11.2 Å². The molecule has 0 amide bonds. The second-order valence-electron chi connectivity index (χ2n) is 8.15. The van der Waals surface area contributed by atoms with Crippen LogP contribution in [0.5, 0.6) is 0 Å². The van der Waals surface area contributed by atoms with Crippen LogP contribution in [0.1, 0.15) is 36.3 Å². The summed E-state index contributed by atoms with van der Waals surface area (Å²) in [7, 11) is 0. The fraction of sp³-hybridized carbons (Fsp3) is 0.429. The van der Waals surface area contributed by atoms with Gasteiger partial charge in [-0.25, -0.2) is 4.98 Å². The number of carbonyl (C=O) groups is 1. The largest absolute Gasteiger partial charge is 0.396 e. The molecule has 2 N–H and O–H groups in total. The van der Waals surface area contributed by atoms with E-state index in [1.54, 1.807) is 0 Å². The lowest BCUT2D eigenvalue weighted by molar-refractivity contribution is 0.0910. The second-order valence-corrected chi connectivity index (χ2v) is 8.15. The minimum Gasteiger partial charge on any atom is -0.396 e. The maximum absolute atomic E-state index is 12.4. The number of aromatic nitrogens is 1. The van der Waals surface area contributed by atoms with Crippen LogP contribution >= 0.6 is 0 Å². The van der Waals surface area contributed by atoms with E-state index >= 15 is 0 Å². The van der Waals surface area contributed by atoms with Crippen molar-refractivity contribution in [2.75, 3.05) is 41.7 Å². The molecule has 0 atom stereocenters. The zero-order chi connectivity index (χ0) is 18.3. The average molecular weight is 350 g/mol. The van der Waals surface area contributed by atoms with E-state index in [9.17, 15) is 4.79 Å². The van der Waals surface area contributed by atoms with Gasteiger partial charge in [0.2, 0.25) is 0 Å². The Morgan fingerprint density at radius 3 is 2.35 bits per heavy atom. The highest BCUT2D eigenvalue weighted by atomic mass is 16.1. The summed E-state index contributed by atoms with van der Waals surface area (Å²) in [6.07, 6.45) is 1.39. The summed E-state index contributed by atoms with van der Waals surface area (Å²) < 4.78 is 0. The number of benzene rings is 1. The standard InChI is InChI=1S/C21H26N4O/c1-21(2)13-18-16(19(26)14-21)12-17(22)20(23-18)25-10-8-24(9-11-25)15-6-4-3-5-7-15/h3-7,12H,8-11,13-14,22H2,1-2H3. The van der Waals surface area contributed by atoms with Crippen LogP contribution in [0.2, 0.25) is 0 Å². The molecule has 2 aromatic rings. The predicted molar refractivity (Wildman–Crippen MR) is 106 cm³/mol. The Labute approximate surface area is 154 Å². The zero-order valence-electron chi connectivity index (χ0n) is 15.5. The molecule has 1 saturated heterocycles. The van der Waals surface area contributed by atoms with Crippen LogP contribution in [0, 0.1) is 5.41 Å². The Hall–Kier alpha value is -2.56. The monoisotopic (exact) mass is 350 g/mol. The summed E-state index contributed by atoms with van der Waals surface area (Å²) in [4.78, 5) is 21.9. The summed E-state index contributed by atoms with van der Waals surface area (Å²) in [6.45, 7) is 7.89. The summed E-state index contributed by atoms with van der Waals surface area (Å²) in [6, 6.07) is 12.3. The number of anilines is 3. The molecule has 0 bridgehead atoms. The molecule has 26 heavy (non-hydrogen) atoms. The fourth-order valence-electron chi connectivity index (χ4n) is 4.05. The number of hydrogen-bond acceptors (Lipinski definition) is 5. The van der Waals surface area contributed by atoms with Crippen molar-refractivity contribution in [3.05, 3.63) is 47.7 Å². The first-order chi connectivity index (χ1) is 12.4. The van der Waals surface area contributed by atoms with E-state index < -0.39 is 0 Å².